The number of ether oxygens (including phenoxy) is 2. The van der Waals surface area contributed by atoms with Crippen molar-refractivity contribution < 1.29 is 24.2 Å². The van der Waals surface area contributed by atoms with Crippen LogP contribution in [0.15, 0.2) is 48.5 Å². The van der Waals surface area contributed by atoms with Gasteiger partial charge in [-0.2, -0.15) is 0 Å². The number of carboxylic acids is 1. The van der Waals surface area contributed by atoms with Gasteiger partial charge in [-0.05, 0) is 61.4 Å². The van der Waals surface area contributed by atoms with Crippen LogP contribution in [0.5, 0.6) is 11.5 Å². The summed E-state index contributed by atoms with van der Waals surface area (Å²) in [5.41, 5.74) is 0.851. The quantitative estimate of drug-likeness (QED) is 0.675. The Morgan fingerprint density at radius 1 is 0.821 bits per heavy atom. The van der Waals surface area contributed by atoms with Gasteiger partial charge in [-0.3, -0.25) is 4.79 Å². The summed E-state index contributed by atoms with van der Waals surface area (Å²) in [5, 5.41) is 12.0. The Kier molecular flexibility index (Phi) is 6.89. The van der Waals surface area contributed by atoms with Crippen LogP contribution in [-0.2, 0) is 0 Å². The predicted molar refractivity (Wildman–Crippen MR) is 105 cm³/mol. The molecule has 0 saturated heterocycles. The van der Waals surface area contributed by atoms with E-state index in [9.17, 15) is 9.59 Å². The molecule has 148 valence electrons. The minimum atomic E-state index is -0.967. The van der Waals surface area contributed by atoms with Gasteiger partial charge in [-0.25, -0.2) is 4.79 Å². The van der Waals surface area contributed by atoms with Crippen LogP contribution in [-0.4, -0.2) is 36.2 Å². The largest absolute Gasteiger partial charge is 0.490 e. The van der Waals surface area contributed by atoms with Gasteiger partial charge in [0.05, 0.1) is 5.56 Å². The summed E-state index contributed by atoms with van der Waals surface area (Å²) < 4.78 is 11.2. The van der Waals surface area contributed by atoms with Crippen LogP contribution in [0.3, 0.4) is 0 Å². The van der Waals surface area contributed by atoms with Crippen LogP contribution in [0.1, 0.15) is 52.8 Å². The second kappa shape index (κ2) is 9.78. The molecule has 0 aromatic heterocycles. The molecule has 0 bridgehead atoms. The molecule has 2 aromatic rings. The minimum absolute atomic E-state index is 0.0356. The number of benzene rings is 2. The first-order valence-electron chi connectivity index (χ1n) is 9.62. The molecule has 6 heteroatoms. The monoisotopic (exact) mass is 383 g/mol. The second-order valence-electron chi connectivity index (χ2n) is 6.86. The Morgan fingerprint density at radius 2 is 1.32 bits per heavy atom. The first-order valence-corrected chi connectivity index (χ1v) is 9.62. The molecule has 1 aliphatic rings. The van der Waals surface area contributed by atoms with E-state index in [4.69, 9.17) is 14.6 Å². The van der Waals surface area contributed by atoms with Crippen molar-refractivity contribution in [3.8, 4) is 11.5 Å². The van der Waals surface area contributed by atoms with Gasteiger partial charge in [0.25, 0.3) is 5.91 Å². The summed E-state index contributed by atoms with van der Waals surface area (Å²) in [7, 11) is 0. The maximum atomic E-state index is 12.3. The molecule has 0 atom stereocenters. The molecule has 0 unspecified atom stereocenters. The lowest BCUT2D eigenvalue weighted by Crippen LogP contribution is -2.36. The molecule has 0 radical (unpaired) electrons. The summed E-state index contributed by atoms with van der Waals surface area (Å²) in [5.74, 6) is 0.250. The van der Waals surface area contributed by atoms with E-state index in [0.717, 1.165) is 12.8 Å². The van der Waals surface area contributed by atoms with Crippen LogP contribution < -0.4 is 14.8 Å². The molecule has 2 N–H and O–H groups in total. The number of aromatic carboxylic acids is 1. The summed E-state index contributed by atoms with van der Waals surface area (Å²) in [6.07, 6.45) is 5.75. The van der Waals surface area contributed by atoms with Crippen molar-refractivity contribution in [3.05, 3.63) is 59.7 Å². The zero-order chi connectivity index (χ0) is 19.8. The predicted octanol–water partition coefficient (Wildman–Crippen LogP) is 3.91. The van der Waals surface area contributed by atoms with Crippen molar-refractivity contribution in [3.63, 3.8) is 0 Å². The Bertz CT molecular complexity index is 780. The highest BCUT2D eigenvalue weighted by Crippen LogP contribution is 2.19. The van der Waals surface area contributed by atoms with E-state index < -0.39 is 5.97 Å². The first-order chi connectivity index (χ1) is 13.6. The Labute approximate surface area is 164 Å². The van der Waals surface area contributed by atoms with Gasteiger partial charge in [-0.1, -0.05) is 19.3 Å². The van der Waals surface area contributed by atoms with Crippen LogP contribution in [0.4, 0.5) is 0 Å². The van der Waals surface area contributed by atoms with Gasteiger partial charge in [0.15, 0.2) is 0 Å². The first kappa shape index (κ1) is 19.7. The summed E-state index contributed by atoms with van der Waals surface area (Å²) >= 11 is 0. The second-order valence-corrected chi connectivity index (χ2v) is 6.86. The van der Waals surface area contributed by atoms with Crippen molar-refractivity contribution in [1.29, 1.82) is 0 Å². The lowest BCUT2D eigenvalue weighted by atomic mass is 9.95. The highest BCUT2D eigenvalue weighted by Gasteiger charge is 2.16. The lowest BCUT2D eigenvalue weighted by Gasteiger charge is -2.22. The number of hydrogen-bond acceptors (Lipinski definition) is 4. The number of nitrogens with one attached hydrogen (secondary N) is 1. The average molecular weight is 383 g/mol. The van der Waals surface area contributed by atoms with E-state index in [0.29, 0.717) is 36.3 Å². The number of hydrogen-bond donors (Lipinski definition) is 2. The van der Waals surface area contributed by atoms with Gasteiger partial charge in [0, 0.05) is 11.6 Å². The number of carboxylic acid groups (broad SMARTS) is 1. The van der Waals surface area contributed by atoms with Crippen molar-refractivity contribution in [2.24, 2.45) is 0 Å². The maximum absolute atomic E-state index is 12.3. The summed E-state index contributed by atoms with van der Waals surface area (Å²) in [4.78, 5) is 23.1. The number of carbonyl (C=O) groups excluding carboxylic acids is 1. The normalized spacial score (nSPS) is 14.3. The van der Waals surface area contributed by atoms with Gasteiger partial charge in [0.1, 0.15) is 24.7 Å². The van der Waals surface area contributed by atoms with Crippen molar-refractivity contribution >= 4 is 11.9 Å². The SMILES string of the molecule is O=C(O)c1ccc(OCCOc2ccc(C(=O)NC3CCCCC3)cc2)cc1. The molecule has 1 saturated carbocycles. The fourth-order valence-electron chi connectivity index (χ4n) is 3.23. The van der Waals surface area contributed by atoms with E-state index in [2.05, 4.69) is 5.32 Å². The van der Waals surface area contributed by atoms with Gasteiger partial charge in [0.2, 0.25) is 0 Å². The smallest absolute Gasteiger partial charge is 0.335 e. The summed E-state index contributed by atoms with van der Waals surface area (Å²) in [6.45, 7) is 0.671. The molecular weight excluding hydrogens is 358 g/mol. The molecule has 1 fully saturated rings. The van der Waals surface area contributed by atoms with E-state index >= 15 is 0 Å². The average Bonchev–Trinajstić information content (AvgIpc) is 2.72. The van der Waals surface area contributed by atoms with E-state index in [-0.39, 0.29) is 11.5 Å². The van der Waals surface area contributed by atoms with Crippen LogP contribution in [0.2, 0.25) is 0 Å². The maximum Gasteiger partial charge on any atom is 0.335 e. The third kappa shape index (κ3) is 5.74. The highest BCUT2D eigenvalue weighted by atomic mass is 16.5. The van der Waals surface area contributed by atoms with Crippen LogP contribution in [0.25, 0.3) is 0 Å². The van der Waals surface area contributed by atoms with Crippen LogP contribution in [0, 0.1) is 0 Å². The number of amides is 1. The van der Waals surface area contributed by atoms with Gasteiger partial charge < -0.3 is 19.9 Å². The Hall–Kier alpha value is -3.02. The third-order valence-electron chi connectivity index (χ3n) is 4.78. The molecule has 28 heavy (non-hydrogen) atoms. The highest BCUT2D eigenvalue weighted by molar-refractivity contribution is 5.94. The topological polar surface area (TPSA) is 84.9 Å². The van der Waals surface area contributed by atoms with Crippen molar-refractivity contribution in [2.75, 3.05) is 13.2 Å². The zero-order valence-corrected chi connectivity index (χ0v) is 15.7. The van der Waals surface area contributed by atoms with Crippen molar-refractivity contribution in [2.45, 2.75) is 38.1 Å². The Morgan fingerprint density at radius 3 is 1.82 bits per heavy atom. The molecule has 6 nitrogen and oxygen atoms in total. The summed E-state index contributed by atoms with van der Waals surface area (Å²) in [6, 6.07) is 13.6. The molecule has 0 spiro atoms. The van der Waals surface area contributed by atoms with Crippen molar-refractivity contribution in [1.82, 2.24) is 5.32 Å². The fraction of sp³-hybridized carbons (Fsp3) is 0.364. The standard InChI is InChI=1S/C22H25NO5/c24-21(23-18-4-2-1-3-5-18)16-6-10-19(11-7-16)27-14-15-28-20-12-8-17(9-13-20)22(25)26/h6-13,18H,1-5,14-15H2,(H,23,24)(H,25,26). The number of rotatable bonds is 8. The molecule has 1 amide bonds. The number of carbonyl (C=O) groups is 2. The van der Waals surface area contributed by atoms with Gasteiger partial charge >= 0.3 is 5.97 Å². The molecule has 2 aromatic carbocycles. The van der Waals surface area contributed by atoms with E-state index in [1.807, 2.05) is 0 Å². The van der Waals surface area contributed by atoms with E-state index in [1.54, 1.807) is 36.4 Å². The van der Waals surface area contributed by atoms with Gasteiger partial charge in [-0.15, -0.1) is 0 Å². The third-order valence-corrected chi connectivity index (χ3v) is 4.78. The Balaban J connectivity index is 1.40. The minimum Gasteiger partial charge on any atom is -0.490 e. The molecule has 1 aliphatic carbocycles. The molecular formula is C22H25NO5. The van der Waals surface area contributed by atoms with Crippen LogP contribution >= 0.6 is 0 Å². The molecule has 0 aliphatic heterocycles. The molecule has 3 rings (SSSR count). The molecule has 0 heterocycles. The lowest BCUT2D eigenvalue weighted by molar-refractivity contribution is 0.0696. The van der Waals surface area contributed by atoms with E-state index in [1.165, 1.54) is 31.4 Å². The zero-order valence-electron chi connectivity index (χ0n) is 15.7. The fourth-order valence-corrected chi connectivity index (χ4v) is 3.23.